The Labute approximate surface area is 145 Å². The molecule has 3 aromatic carbocycles. The molecule has 0 aromatic heterocycles. The van der Waals surface area contributed by atoms with Gasteiger partial charge in [0.1, 0.15) is 0 Å². The van der Waals surface area contributed by atoms with Crippen LogP contribution in [0.2, 0.25) is 0 Å². The minimum absolute atomic E-state index is 0.304. The van der Waals surface area contributed by atoms with Crippen LogP contribution in [0, 0.1) is 5.41 Å². The molecule has 0 saturated carbocycles. The molecule has 0 aliphatic rings. The van der Waals surface area contributed by atoms with Crippen LogP contribution in [0.5, 0.6) is 0 Å². The smallest absolute Gasteiger partial charge is 0.152 e. The molecular weight excluding hydrogens is 308 g/mol. The second kappa shape index (κ2) is 7.66. The van der Waals surface area contributed by atoms with E-state index in [4.69, 9.17) is 5.41 Å². The molecule has 3 aromatic rings. The first-order valence-electron chi connectivity index (χ1n) is 8.05. The fourth-order valence-electron chi connectivity index (χ4n) is 2.63. The summed E-state index contributed by atoms with van der Waals surface area (Å²) in [5.41, 5.74) is 2.82. The van der Waals surface area contributed by atoms with E-state index in [1.54, 1.807) is 0 Å². The SMILES string of the molecule is C/C(=N\C(=N)c1ccccc1)c1cccc([SiH2]c2ccccc2)c1. The van der Waals surface area contributed by atoms with E-state index < -0.39 is 9.52 Å². The van der Waals surface area contributed by atoms with Crippen molar-refractivity contribution in [1.82, 2.24) is 0 Å². The van der Waals surface area contributed by atoms with Gasteiger partial charge in [0.15, 0.2) is 5.84 Å². The van der Waals surface area contributed by atoms with E-state index in [1.165, 1.54) is 10.4 Å². The molecule has 3 heteroatoms. The molecule has 0 bridgehead atoms. The summed E-state index contributed by atoms with van der Waals surface area (Å²) in [5, 5.41) is 11.0. The number of aliphatic imine (C=N–C) groups is 1. The van der Waals surface area contributed by atoms with Crippen LogP contribution in [-0.4, -0.2) is 21.1 Å². The van der Waals surface area contributed by atoms with Crippen LogP contribution in [0.4, 0.5) is 0 Å². The third-order valence-corrected chi connectivity index (χ3v) is 5.65. The highest BCUT2D eigenvalue weighted by atomic mass is 28.2. The van der Waals surface area contributed by atoms with Gasteiger partial charge in [-0.1, -0.05) is 95.3 Å². The van der Waals surface area contributed by atoms with Gasteiger partial charge in [-0.25, -0.2) is 4.99 Å². The molecule has 0 fully saturated rings. The van der Waals surface area contributed by atoms with Crippen molar-refractivity contribution in [2.45, 2.75) is 6.92 Å². The predicted octanol–water partition coefficient (Wildman–Crippen LogP) is 2.64. The van der Waals surface area contributed by atoms with E-state index in [9.17, 15) is 0 Å². The minimum Gasteiger partial charge on any atom is -0.282 e. The van der Waals surface area contributed by atoms with E-state index in [0.29, 0.717) is 5.84 Å². The van der Waals surface area contributed by atoms with Gasteiger partial charge in [0.2, 0.25) is 0 Å². The quantitative estimate of drug-likeness (QED) is 0.434. The topological polar surface area (TPSA) is 36.2 Å². The van der Waals surface area contributed by atoms with Gasteiger partial charge in [0.25, 0.3) is 0 Å². The number of amidine groups is 1. The zero-order valence-electron chi connectivity index (χ0n) is 13.7. The standard InChI is InChI=1S/C21H20N2Si/c1-16(23-21(22)17-9-4-2-5-10-17)18-11-8-14-20(15-18)24-19-12-6-3-7-13-19/h2-15,22H,24H2,1H3/b22-21?,23-16+. The van der Waals surface area contributed by atoms with Gasteiger partial charge < -0.3 is 0 Å². The highest BCUT2D eigenvalue weighted by molar-refractivity contribution is 6.67. The highest BCUT2D eigenvalue weighted by Gasteiger charge is 2.04. The Hall–Kier alpha value is -2.78. The molecule has 0 aliphatic heterocycles. The van der Waals surface area contributed by atoms with E-state index in [0.717, 1.165) is 16.8 Å². The molecule has 0 atom stereocenters. The third-order valence-electron chi connectivity index (χ3n) is 3.92. The fourth-order valence-corrected chi connectivity index (χ4v) is 4.19. The van der Waals surface area contributed by atoms with Gasteiger partial charge in [-0.15, -0.1) is 0 Å². The zero-order valence-corrected chi connectivity index (χ0v) is 15.2. The van der Waals surface area contributed by atoms with Crippen LogP contribution < -0.4 is 10.4 Å². The van der Waals surface area contributed by atoms with E-state index >= 15 is 0 Å². The Morgan fingerprint density at radius 2 is 1.33 bits per heavy atom. The van der Waals surface area contributed by atoms with Gasteiger partial charge in [-0.05, 0) is 12.5 Å². The van der Waals surface area contributed by atoms with E-state index in [2.05, 4.69) is 59.6 Å². The molecule has 0 radical (unpaired) electrons. The van der Waals surface area contributed by atoms with Gasteiger partial charge in [0.05, 0.1) is 9.52 Å². The molecular formula is C21H20N2Si. The molecule has 0 saturated heterocycles. The average molecular weight is 328 g/mol. The molecule has 0 aliphatic carbocycles. The number of rotatable bonds is 4. The molecule has 1 N–H and O–H groups in total. The monoisotopic (exact) mass is 328 g/mol. The number of nitrogens with one attached hydrogen (secondary N) is 1. The molecule has 0 heterocycles. The number of benzene rings is 3. The molecule has 0 unspecified atom stereocenters. The van der Waals surface area contributed by atoms with Gasteiger partial charge in [0, 0.05) is 11.3 Å². The maximum Gasteiger partial charge on any atom is 0.152 e. The maximum absolute atomic E-state index is 8.16. The number of nitrogens with zero attached hydrogens (tertiary/aromatic N) is 1. The Kier molecular flexibility index (Phi) is 5.14. The maximum atomic E-state index is 8.16. The number of hydrogen-bond donors (Lipinski definition) is 1. The largest absolute Gasteiger partial charge is 0.282 e. The molecule has 3 rings (SSSR count). The first kappa shape index (κ1) is 16.1. The summed E-state index contributed by atoms with van der Waals surface area (Å²) < 4.78 is 0. The Morgan fingerprint density at radius 1 is 0.750 bits per heavy atom. The van der Waals surface area contributed by atoms with Crippen molar-refractivity contribution >= 4 is 31.4 Å². The summed E-state index contributed by atoms with van der Waals surface area (Å²) in [4.78, 5) is 4.48. The van der Waals surface area contributed by atoms with Crippen LogP contribution in [0.25, 0.3) is 0 Å². The van der Waals surface area contributed by atoms with Crippen molar-refractivity contribution in [2.24, 2.45) is 4.99 Å². The van der Waals surface area contributed by atoms with Crippen LogP contribution in [0.3, 0.4) is 0 Å². The predicted molar refractivity (Wildman–Crippen MR) is 106 cm³/mol. The lowest BCUT2D eigenvalue weighted by Gasteiger charge is -2.06. The van der Waals surface area contributed by atoms with Crippen molar-refractivity contribution in [3.05, 3.63) is 96.1 Å². The summed E-state index contributed by atoms with van der Waals surface area (Å²) in [7, 11) is -0.474. The summed E-state index contributed by atoms with van der Waals surface area (Å²) in [6.45, 7) is 1.97. The lowest BCUT2D eigenvalue weighted by atomic mass is 10.1. The molecule has 0 amide bonds. The number of hydrogen-bond acceptors (Lipinski definition) is 1. The zero-order chi connectivity index (χ0) is 16.8. The molecule has 118 valence electrons. The first-order valence-corrected chi connectivity index (χ1v) is 9.46. The van der Waals surface area contributed by atoms with Gasteiger partial charge >= 0.3 is 0 Å². The Morgan fingerprint density at radius 3 is 2.04 bits per heavy atom. The van der Waals surface area contributed by atoms with Crippen LogP contribution in [-0.2, 0) is 0 Å². The summed E-state index contributed by atoms with van der Waals surface area (Å²) in [5.74, 6) is 0.304. The first-order chi connectivity index (χ1) is 11.7. The second-order valence-corrected chi connectivity index (χ2v) is 7.76. The van der Waals surface area contributed by atoms with Crippen LogP contribution >= 0.6 is 0 Å². The molecule has 0 spiro atoms. The van der Waals surface area contributed by atoms with E-state index in [1.807, 2.05) is 37.3 Å². The second-order valence-electron chi connectivity index (χ2n) is 5.77. The highest BCUT2D eigenvalue weighted by Crippen LogP contribution is 2.05. The van der Waals surface area contributed by atoms with Crippen molar-refractivity contribution in [3.8, 4) is 0 Å². The molecule has 24 heavy (non-hydrogen) atoms. The molecule has 2 nitrogen and oxygen atoms in total. The van der Waals surface area contributed by atoms with Crippen molar-refractivity contribution in [3.63, 3.8) is 0 Å². The summed E-state index contributed by atoms with van der Waals surface area (Å²) >= 11 is 0. The fraction of sp³-hybridized carbons (Fsp3) is 0.0476. The van der Waals surface area contributed by atoms with Crippen molar-refractivity contribution in [2.75, 3.05) is 0 Å². The third kappa shape index (κ3) is 4.15. The lowest BCUT2D eigenvalue weighted by Crippen LogP contribution is -2.27. The van der Waals surface area contributed by atoms with Crippen molar-refractivity contribution in [1.29, 1.82) is 5.41 Å². The Bertz CT molecular complexity index is 855. The minimum atomic E-state index is -0.474. The lowest BCUT2D eigenvalue weighted by molar-refractivity contribution is 1.41. The average Bonchev–Trinajstić information content (AvgIpc) is 2.63. The van der Waals surface area contributed by atoms with Crippen molar-refractivity contribution < 1.29 is 0 Å². The van der Waals surface area contributed by atoms with Gasteiger partial charge in [-0.2, -0.15) is 0 Å². The summed E-state index contributed by atoms with van der Waals surface area (Å²) in [6.07, 6.45) is 0. The Balaban J connectivity index is 1.80. The van der Waals surface area contributed by atoms with Crippen LogP contribution in [0.15, 0.2) is 89.9 Å². The van der Waals surface area contributed by atoms with Gasteiger partial charge in [-0.3, -0.25) is 5.41 Å². The van der Waals surface area contributed by atoms with E-state index in [-0.39, 0.29) is 0 Å². The van der Waals surface area contributed by atoms with Crippen LogP contribution in [0.1, 0.15) is 18.1 Å². The summed E-state index contributed by atoms with van der Waals surface area (Å²) in [6, 6.07) is 28.9. The normalized spacial score (nSPS) is 11.8.